The van der Waals surface area contributed by atoms with Crippen molar-refractivity contribution in [3.8, 4) is 11.4 Å². The van der Waals surface area contributed by atoms with E-state index >= 15 is 0 Å². The summed E-state index contributed by atoms with van der Waals surface area (Å²) in [4.78, 5) is 20.1. The summed E-state index contributed by atoms with van der Waals surface area (Å²) in [5.74, 6) is 0. The summed E-state index contributed by atoms with van der Waals surface area (Å²) < 4.78 is 2.00. The van der Waals surface area contributed by atoms with Gasteiger partial charge in [-0.15, -0.1) is 0 Å². The SMILES string of the molecule is Cn1cncc1-c1cccc(C2CCCN2Cc2cnccn2)n1. The van der Waals surface area contributed by atoms with Crippen LogP contribution < -0.4 is 0 Å². The number of aromatic nitrogens is 5. The third-order valence-corrected chi connectivity index (χ3v) is 4.54. The fraction of sp³-hybridized carbons (Fsp3) is 0.333. The monoisotopic (exact) mass is 320 g/mol. The van der Waals surface area contributed by atoms with Crippen molar-refractivity contribution in [3.05, 3.63) is 60.7 Å². The van der Waals surface area contributed by atoms with Gasteiger partial charge in [-0.1, -0.05) is 6.07 Å². The van der Waals surface area contributed by atoms with Crippen LogP contribution in [0.5, 0.6) is 0 Å². The molecule has 4 rings (SSSR count). The zero-order valence-corrected chi connectivity index (χ0v) is 13.7. The standard InChI is InChI=1S/C18H20N6/c1-23-13-20-11-18(23)16-5-2-4-15(22-16)17-6-3-9-24(17)12-14-10-19-7-8-21-14/h2,4-5,7-8,10-11,13,17H,3,6,9,12H2,1H3. The number of pyridine rings is 1. The summed E-state index contributed by atoms with van der Waals surface area (Å²) in [6.07, 6.45) is 11.3. The van der Waals surface area contributed by atoms with E-state index in [4.69, 9.17) is 4.98 Å². The summed E-state index contributed by atoms with van der Waals surface area (Å²) in [6, 6.07) is 6.59. The maximum atomic E-state index is 4.91. The highest BCUT2D eigenvalue weighted by atomic mass is 15.2. The first-order valence-electron chi connectivity index (χ1n) is 8.24. The van der Waals surface area contributed by atoms with Crippen LogP contribution in [0.3, 0.4) is 0 Å². The van der Waals surface area contributed by atoms with E-state index < -0.39 is 0 Å². The van der Waals surface area contributed by atoms with Gasteiger partial charge in [0.2, 0.25) is 0 Å². The largest absolute Gasteiger partial charge is 0.332 e. The first kappa shape index (κ1) is 15.0. The third kappa shape index (κ3) is 2.92. The lowest BCUT2D eigenvalue weighted by atomic mass is 10.1. The molecule has 3 aromatic heterocycles. The van der Waals surface area contributed by atoms with Gasteiger partial charge in [-0.25, -0.2) is 9.97 Å². The summed E-state index contributed by atoms with van der Waals surface area (Å²) in [5, 5.41) is 0. The molecule has 0 spiro atoms. The maximum absolute atomic E-state index is 4.91. The zero-order valence-electron chi connectivity index (χ0n) is 13.7. The number of likely N-dealkylation sites (tertiary alicyclic amines) is 1. The van der Waals surface area contributed by atoms with Crippen molar-refractivity contribution >= 4 is 0 Å². The van der Waals surface area contributed by atoms with Crippen LogP contribution in [-0.2, 0) is 13.6 Å². The Labute approximate surface area is 141 Å². The summed E-state index contributed by atoms with van der Waals surface area (Å²) in [7, 11) is 1.99. The Morgan fingerprint density at radius 2 is 2.12 bits per heavy atom. The molecule has 0 N–H and O–H groups in total. The molecular formula is C18H20N6. The van der Waals surface area contributed by atoms with Crippen LogP contribution in [-0.4, -0.2) is 35.9 Å². The number of nitrogens with zero attached hydrogens (tertiary/aromatic N) is 6. The van der Waals surface area contributed by atoms with Crippen LogP contribution >= 0.6 is 0 Å². The Morgan fingerprint density at radius 3 is 2.92 bits per heavy atom. The normalized spacial score (nSPS) is 18.1. The van der Waals surface area contributed by atoms with Crippen LogP contribution in [0.2, 0.25) is 0 Å². The van der Waals surface area contributed by atoms with Gasteiger partial charge < -0.3 is 4.57 Å². The van der Waals surface area contributed by atoms with Gasteiger partial charge in [-0.2, -0.15) is 0 Å². The van der Waals surface area contributed by atoms with Crippen molar-refractivity contribution < 1.29 is 0 Å². The number of hydrogen-bond acceptors (Lipinski definition) is 5. The van der Waals surface area contributed by atoms with E-state index in [-0.39, 0.29) is 0 Å². The van der Waals surface area contributed by atoms with Crippen LogP contribution in [0.15, 0.2) is 49.3 Å². The molecule has 0 aromatic carbocycles. The topological polar surface area (TPSA) is 59.7 Å². The van der Waals surface area contributed by atoms with E-state index in [1.807, 2.05) is 30.1 Å². The van der Waals surface area contributed by atoms with Crippen molar-refractivity contribution in [1.82, 2.24) is 29.4 Å². The van der Waals surface area contributed by atoms with Crippen LogP contribution in [0.4, 0.5) is 0 Å². The molecule has 6 heteroatoms. The van der Waals surface area contributed by atoms with E-state index in [0.717, 1.165) is 42.3 Å². The molecule has 3 aromatic rings. The minimum absolute atomic E-state index is 0.334. The van der Waals surface area contributed by atoms with E-state index in [9.17, 15) is 0 Å². The first-order chi connectivity index (χ1) is 11.8. The van der Waals surface area contributed by atoms with Crippen molar-refractivity contribution in [1.29, 1.82) is 0 Å². The predicted octanol–water partition coefficient (Wildman–Crippen LogP) is 2.61. The minimum atomic E-state index is 0.334. The molecule has 1 aliphatic heterocycles. The molecule has 0 bridgehead atoms. The number of rotatable bonds is 4. The van der Waals surface area contributed by atoms with Gasteiger partial charge in [0.1, 0.15) is 0 Å². The average Bonchev–Trinajstić information content (AvgIpc) is 3.25. The second-order valence-electron chi connectivity index (χ2n) is 6.16. The molecule has 0 aliphatic carbocycles. The number of aryl methyl sites for hydroxylation is 1. The molecule has 1 atom stereocenters. The van der Waals surface area contributed by atoms with Gasteiger partial charge in [-0.3, -0.25) is 14.9 Å². The minimum Gasteiger partial charge on any atom is -0.332 e. The fourth-order valence-corrected chi connectivity index (χ4v) is 3.35. The second kappa shape index (κ2) is 6.49. The smallest absolute Gasteiger partial charge is 0.0948 e. The Morgan fingerprint density at radius 1 is 1.17 bits per heavy atom. The molecule has 1 aliphatic rings. The average molecular weight is 320 g/mol. The molecule has 4 heterocycles. The van der Waals surface area contributed by atoms with Crippen LogP contribution in [0.1, 0.15) is 30.3 Å². The van der Waals surface area contributed by atoms with E-state index in [1.54, 1.807) is 18.7 Å². The number of imidazole rings is 1. The van der Waals surface area contributed by atoms with Gasteiger partial charge in [0.25, 0.3) is 0 Å². The quantitative estimate of drug-likeness (QED) is 0.739. The van der Waals surface area contributed by atoms with E-state index in [0.29, 0.717) is 6.04 Å². The highest BCUT2D eigenvalue weighted by Gasteiger charge is 2.27. The van der Waals surface area contributed by atoms with Crippen LogP contribution in [0.25, 0.3) is 11.4 Å². The molecule has 1 fully saturated rings. The van der Waals surface area contributed by atoms with Crippen molar-refractivity contribution in [3.63, 3.8) is 0 Å². The highest BCUT2D eigenvalue weighted by molar-refractivity contribution is 5.53. The van der Waals surface area contributed by atoms with Gasteiger partial charge in [0, 0.05) is 32.2 Å². The molecule has 1 unspecified atom stereocenters. The fourth-order valence-electron chi connectivity index (χ4n) is 3.35. The Bertz CT molecular complexity index is 813. The summed E-state index contributed by atoms with van der Waals surface area (Å²) in [6.45, 7) is 1.88. The van der Waals surface area contributed by atoms with Crippen LogP contribution in [0, 0.1) is 0 Å². The lowest BCUT2D eigenvalue weighted by Gasteiger charge is -2.23. The molecule has 0 radical (unpaired) electrons. The molecule has 24 heavy (non-hydrogen) atoms. The Hall–Kier alpha value is -2.60. The Kier molecular flexibility index (Phi) is 4.04. The lowest BCUT2D eigenvalue weighted by Crippen LogP contribution is -2.24. The molecule has 0 saturated carbocycles. The molecular weight excluding hydrogens is 300 g/mol. The summed E-state index contributed by atoms with van der Waals surface area (Å²) in [5.41, 5.74) is 4.14. The van der Waals surface area contributed by atoms with Gasteiger partial charge >= 0.3 is 0 Å². The molecule has 0 amide bonds. The molecule has 122 valence electrons. The van der Waals surface area contributed by atoms with Crippen molar-refractivity contribution in [2.45, 2.75) is 25.4 Å². The second-order valence-corrected chi connectivity index (χ2v) is 6.16. The molecule has 6 nitrogen and oxygen atoms in total. The molecule has 1 saturated heterocycles. The number of hydrogen-bond donors (Lipinski definition) is 0. The first-order valence-corrected chi connectivity index (χ1v) is 8.24. The van der Waals surface area contributed by atoms with Crippen molar-refractivity contribution in [2.24, 2.45) is 7.05 Å². The lowest BCUT2D eigenvalue weighted by molar-refractivity contribution is 0.241. The summed E-state index contributed by atoms with van der Waals surface area (Å²) >= 11 is 0. The zero-order chi connectivity index (χ0) is 16.4. The third-order valence-electron chi connectivity index (χ3n) is 4.54. The predicted molar refractivity (Wildman–Crippen MR) is 90.9 cm³/mol. The van der Waals surface area contributed by atoms with Gasteiger partial charge in [0.05, 0.1) is 41.3 Å². The highest BCUT2D eigenvalue weighted by Crippen LogP contribution is 2.32. The van der Waals surface area contributed by atoms with Gasteiger partial charge in [0.15, 0.2) is 0 Å². The Balaban J connectivity index is 1.59. The maximum Gasteiger partial charge on any atom is 0.0948 e. The van der Waals surface area contributed by atoms with Crippen molar-refractivity contribution in [2.75, 3.05) is 6.54 Å². The van der Waals surface area contributed by atoms with E-state index in [2.05, 4.69) is 32.0 Å². The van der Waals surface area contributed by atoms with E-state index in [1.165, 1.54) is 6.42 Å². The van der Waals surface area contributed by atoms with Gasteiger partial charge in [-0.05, 0) is 31.5 Å².